The molecule has 0 radical (unpaired) electrons. The van der Waals surface area contributed by atoms with Crippen LogP contribution in [0.15, 0.2) is 42.5 Å². The van der Waals surface area contributed by atoms with Crippen LogP contribution < -0.4 is 0 Å². The van der Waals surface area contributed by atoms with Crippen LogP contribution in [-0.2, 0) is 24.2 Å². The number of aryl methyl sites for hydroxylation is 1. The number of carboxylic acids is 1. The van der Waals surface area contributed by atoms with E-state index in [2.05, 4.69) is 0 Å². The predicted molar refractivity (Wildman–Crippen MR) is 94.3 cm³/mol. The first-order valence-corrected chi connectivity index (χ1v) is 8.81. The molecule has 0 unspecified atom stereocenters. The quantitative estimate of drug-likeness (QED) is 0.920. The third-order valence-electron chi connectivity index (χ3n) is 5.64. The average Bonchev–Trinajstić information content (AvgIpc) is 2.91. The molecule has 1 saturated heterocycles. The van der Waals surface area contributed by atoms with Crippen LogP contribution in [0.25, 0.3) is 0 Å². The minimum absolute atomic E-state index is 0.118. The molecule has 1 heterocycles. The van der Waals surface area contributed by atoms with Crippen molar-refractivity contribution >= 4 is 11.9 Å². The van der Waals surface area contributed by atoms with E-state index in [0.717, 1.165) is 30.4 Å². The fourth-order valence-electron chi connectivity index (χ4n) is 4.28. The van der Waals surface area contributed by atoms with Crippen molar-refractivity contribution in [2.24, 2.45) is 5.41 Å². The van der Waals surface area contributed by atoms with Crippen molar-refractivity contribution in [3.05, 3.63) is 70.5 Å². The minimum atomic E-state index is -0.923. The second-order valence-corrected chi connectivity index (χ2v) is 7.52. The van der Waals surface area contributed by atoms with Crippen molar-refractivity contribution in [1.82, 2.24) is 4.90 Å². The van der Waals surface area contributed by atoms with Gasteiger partial charge < -0.3 is 10.0 Å². The van der Waals surface area contributed by atoms with Gasteiger partial charge in [-0.1, -0.05) is 18.2 Å². The smallest absolute Gasteiger partial charge is 0.335 e. The van der Waals surface area contributed by atoms with Crippen LogP contribution in [0.1, 0.15) is 39.9 Å². The van der Waals surface area contributed by atoms with Gasteiger partial charge in [0.1, 0.15) is 5.82 Å². The molecule has 1 fully saturated rings. The van der Waals surface area contributed by atoms with Gasteiger partial charge in [-0.15, -0.1) is 0 Å². The van der Waals surface area contributed by atoms with E-state index in [1.807, 2.05) is 11.0 Å². The Bertz CT molecular complexity index is 877. The fourth-order valence-corrected chi connectivity index (χ4v) is 4.28. The molecule has 5 heteroatoms. The lowest BCUT2D eigenvalue weighted by Crippen LogP contribution is -2.33. The second kappa shape index (κ2) is 6.24. The fraction of sp³-hybridized carbons (Fsp3) is 0.333. The first kappa shape index (κ1) is 16.8. The summed E-state index contributed by atoms with van der Waals surface area (Å²) in [7, 11) is 0. The molecule has 2 aromatic rings. The van der Waals surface area contributed by atoms with Gasteiger partial charge in [0, 0.05) is 24.9 Å². The Hall–Kier alpha value is -2.69. The summed E-state index contributed by atoms with van der Waals surface area (Å²) in [6.45, 7) is 1.16. The van der Waals surface area contributed by atoms with Crippen molar-refractivity contribution in [3.63, 3.8) is 0 Å². The number of aromatic carboxylic acids is 1. The van der Waals surface area contributed by atoms with E-state index in [1.165, 1.54) is 17.7 Å². The molecule has 1 aliphatic heterocycles. The molecule has 0 aromatic heterocycles. The predicted octanol–water partition coefficient (Wildman–Crippen LogP) is 3.43. The van der Waals surface area contributed by atoms with Gasteiger partial charge in [0.05, 0.1) is 5.56 Å². The van der Waals surface area contributed by atoms with Gasteiger partial charge in [-0.2, -0.15) is 0 Å². The van der Waals surface area contributed by atoms with E-state index in [0.29, 0.717) is 25.1 Å². The molecule has 1 aliphatic carbocycles. The molecule has 1 atom stereocenters. The number of carbonyl (C=O) groups excluding carboxylic acids is 1. The van der Waals surface area contributed by atoms with Gasteiger partial charge >= 0.3 is 5.97 Å². The average molecular weight is 353 g/mol. The molecule has 0 bridgehead atoms. The minimum Gasteiger partial charge on any atom is -0.478 e. The Morgan fingerprint density at radius 1 is 1.12 bits per heavy atom. The maximum absolute atomic E-state index is 13.1. The summed E-state index contributed by atoms with van der Waals surface area (Å²) in [4.78, 5) is 25.7. The van der Waals surface area contributed by atoms with Crippen molar-refractivity contribution in [3.8, 4) is 0 Å². The van der Waals surface area contributed by atoms with Crippen LogP contribution >= 0.6 is 0 Å². The third kappa shape index (κ3) is 3.09. The molecule has 134 valence electrons. The Labute approximate surface area is 151 Å². The third-order valence-corrected chi connectivity index (χ3v) is 5.64. The maximum atomic E-state index is 13.1. The van der Waals surface area contributed by atoms with E-state index < -0.39 is 5.97 Å². The summed E-state index contributed by atoms with van der Waals surface area (Å²) < 4.78 is 13.1. The number of halogens is 1. The van der Waals surface area contributed by atoms with E-state index in [9.17, 15) is 19.1 Å². The topological polar surface area (TPSA) is 57.6 Å². The molecule has 1 spiro atoms. The van der Waals surface area contributed by atoms with Crippen molar-refractivity contribution in [2.75, 3.05) is 6.54 Å². The van der Waals surface area contributed by atoms with E-state index in [1.54, 1.807) is 24.3 Å². The number of carbonyl (C=O) groups is 2. The number of hydrogen-bond donors (Lipinski definition) is 1. The summed E-state index contributed by atoms with van der Waals surface area (Å²) in [5, 5.41) is 9.22. The second-order valence-electron chi connectivity index (χ2n) is 7.52. The van der Waals surface area contributed by atoms with Gasteiger partial charge in [0.15, 0.2) is 0 Å². The van der Waals surface area contributed by atoms with Gasteiger partial charge in [-0.25, -0.2) is 9.18 Å². The van der Waals surface area contributed by atoms with Crippen molar-refractivity contribution in [2.45, 2.75) is 32.2 Å². The number of amides is 1. The molecule has 1 N–H and O–H groups in total. The SMILES string of the molecule is O=C(O)c1ccc2c(c1)C[C@@]1(CC2)CC(=O)N(Cc2ccc(F)cc2)C1. The summed E-state index contributed by atoms with van der Waals surface area (Å²) in [6, 6.07) is 11.6. The monoisotopic (exact) mass is 353 g/mol. The zero-order valence-corrected chi connectivity index (χ0v) is 14.4. The lowest BCUT2D eigenvalue weighted by molar-refractivity contribution is -0.128. The Morgan fingerprint density at radius 2 is 1.88 bits per heavy atom. The number of nitrogens with zero attached hydrogens (tertiary/aromatic N) is 1. The number of likely N-dealkylation sites (tertiary alicyclic amines) is 1. The number of rotatable bonds is 3. The van der Waals surface area contributed by atoms with Gasteiger partial charge in [-0.05, 0) is 60.2 Å². The number of fused-ring (bicyclic) bond motifs is 1. The number of hydrogen-bond acceptors (Lipinski definition) is 2. The highest BCUT2D eigenvalue weighted by Gasteiger charge is 2.44. The summed E-state index contributed by atoms with van der Waals surface area (Å²) in [5.41, 5.74) is 3.33. The standard InChI is InChI=1S/C21H20FNO3/c22-18-5-1-14(2-6-18)12-23-13-21(11-19(23)24)8-7-15-3-4-16(20(25)26)9-17(15)10-21/h1-6,9H,7-8,10-13H2,(H,25,26)/t21-/m0/s1. The van der Waals surface area contributed by atoms with Gasteiger partial charge in [0.2, 0.25) is 5.91 Å². The first-order chi connectivity index (χ1) is 12.4. The van der Waals surface area contributed by atoms with Gasteiger partial charge in [-0.3, -0.25) is 4.79 Å². The summed E-state index contributed by atoms with van der Waals surface area (Å²) in [6.07, 6.45) is 3.02. The molecule has 1 amide bonds. The molecule has 26 heavy (non-hydrogen) atoms. The number of benzene rings is 2. The lowest BCUT2D eigenvalue weighted by atomic mass is 9.70. The zero-order chi connectivity index (χ0) is 18.3. The van der Waals surface area contributed by atoms with Crippen LogP contribution in [0.5, 0.6) is 0 Å². The maximum Gasteiger partial charge on any atom is 0.335 e. The molecule has 2 aromatic carbocycles. The highest BCUT2D eigenvalue weighted by molar-refractivity contribution is 5.88. The Kier molecular flexibility index (Phi) is 4.02. The van der Waals surface area contributed by atoms with Gasteiger partial charge in [0.25, 0.3) is 0 Å². The highest BCUT2D eigenvalue weighted by Crippen LogP contribution is 2.43. The van der Waals surface area contributed by atoms with Crippen LogP contribution in [0, 0.1) is 11.2 Å². The first-order valence-electron chi connectivity index (χ1n) is 8.81. The Balaban J connectivity index is 1.53. The van der Waals surface area contributed by atoms with E-state index >= 15 is 0 Å². The molecule has 4 nitrogen and oxygen atoms in total. The molecule has 2 aliphatic rings. The Morgan fingerprint density at radius 3 is 2.62 bits per heavy atom. The number of carboxylic acid groups (broad SMARTS) is 1. The van der Waals surface area contributed by atoms with Crippen molar-refractivity contribution in [1.29, 1.82) is 0 Å². The lowest BCUT2D eigenvalue weighted by Gasteiger charge is -2.34. The summed E-state index contributed by atoms with van der Waals surface area (Å²) >= 11 is 0. The van der Waals surface area contributed by atoms with E-state index in [-0.39, 0.29) is 17.1 Å². The van der Waals surface area contributed by atoms with Crippen LogP contribution in [0.3, 0.4) is 0 Å². The normalized spacial score (nSPS) is 21.9. The highest BCUT2D eigenvalue weighted by atomic mass is 19.1. The summed E-state index contributed by atoms with van der Waals surface area (Å²) in [5.74, 6) is -1.09. The molecular formula is C21H20FNO3. The zero-order valence-electron chi connectivity index (χ0n) is 14.4. The van der Waals surface area contributed by atoms with Crippen LogP contribution in [0.4, 0.5) is 4.39 Å². The van der Waals surface area contributed by atoms with Crippen LogP contribution in [0.2, 0.25) is 0 Å². The largest absolute Gasteiger partial charge is 0.478 e. The van der Waals surface area contributed by atoms with E-state index in [4.69, 9.17) is 0 Å². The molecular weight excluding hydrogens is 333 g/mol. The molecule has 0 saturated carbocycles. The van der Waals surface area contributed by atoms with Crippen molar-refractivity contribution < 1.29 is 19.1 Å². The van der Waals surface area contributed by atoms with Crippen LogP contribution in [-0.4, -0.2) is 28.4 Å². The molecule has 4 rings (SSSR count).